The van der Waals surface area contributed by atoms with E-state index in [2.05, 4.69) is 15.1 Å². The molecule has 0 amide bonds. The number of nitrogens with two attached hydrogens (primary N) is 1. The number of anilines is 2. The molecule has 9 heteroatoms. The highest BCUT2D eigenvalue weighted by Gasteiger charge is 2.36. The highest BCUT2D eigenvalue weighted by molar-refractivity contribution is 5.50. The number of hydrogen-bond donors (Lipinski definition) is 1. The van der Waals surface area contributed by atoms with Crippen molar-refractivity contribution in [2.75, 3.05) is 17.2 Å². The molecule has 1 aliphatic heterocycles. The molecule has 0 radical (unpaired) electrons. The molecule has 2 aromatic rings. The molecule has 0 aromatic carbocycles. The van der Waals surface area contributed by atoms with Crippen LogP contribution in [0.4, 0.5) is 24.8 Å². The summed E-state index contributed by atoms with van der Waals surface area (Å²) >= 11 is 0. The molecule has 0 unspecified atom stereocenters. The first-order chi connectivity index (χ1) is 10.3. The van der Waals surface area contributed by atoms with Crippen LogP contribution in [0, 0.1) is 13.8 Å². The Balaban J connectivity index is 1.90. The Hall–Kier alpha value is -2.32. The fourth-order valence-electron chi connectivity index (χ4n) is 2.42. The largest absolute Gasteiger partial charge is 0.435 e. The number of halogens is 3. The number of aryl methyl sites for hydroxylation is 2. The summed E-state index contributed by atoms with van der Waals surface area (Å²) in [4.78, 5) is 10.5. The number of rotatable bonds is 1. The van der Waals surface area contributed by atoms with Crippen LogP contribution in [0.15, 0.2) is 6.07 Å². The molecule has 0 fully saturated rings. The zero-order valence-electron chi connectivity index (χ0n) is 12.1. The van der Waals surface area contributed by atoms with Crippen molar-refractivity contribution in [3.63, 3.8) is 0 Å². The van der Waals surface area contributed by atoms with E-state index in [0.29, 0.717) is 41.8 Å². The maximum absolute atomic E-state index is 12.7. The number of nitrogen functional groups attached to an aromatic ring is 1. The minimum atomic E-state index is -4.43. The molecular weight excluding hydrogens is 297 g/mol. The molecule has 22 heavy (non-hydrogen) atoms. The Kier molecular flexibility index (Phi) is 3.22. The molecule has 0 saturated carbocycles. The maximum atomic E-state index is 12.7. The van der Waals surface area contributed by atoms with Gasteiger partial charge in [0.1, 0.15) is 0 Å². The summed E-state index contributed by atoms with van der Waals surface area (Å²) < 4.78 is 39.5. The van der Waals surface area contributed by atoms with Gasteiger partial charge < -0.3 is 10.6 Å². The second kappa shape index (κ2) is 4.85. The average Bonchev–Trinajstić information content (AvgIpc) is 2.87. The Labute approximate surface area is 124 Å². The van der Waals surface area contributed by atoms with Crippen molar-refractivity contribution >= 4 is 11.6 Å². The molecule has 2 N–H and O–H groups in total. The SMILES string of the molecule is Cc1nc(N2CCn3nc(C(F)(F)F)cc3C2)nc(C)c1N. The minimum Gasteiger partial charge on any atom is -0.396 e. The van der Waals surface area contributed by atoms with Gasteiger partial charge in [-0.2, -0.15) is 18.3 Å². The third-order valence-corrected chi connectivity index (χ3v) is 3.69. The smallest absolute Gasteiger partial charge is 0.396 e. The highest BCUT2D eigenvalue weighted by atomic mass is 19.4. The van der Waals surface area contributed by atoms with E-state index in [1.165, 1.54) is 4.68 Å². The van der Waals surface area contributed by atoms with Crippen molar-refractivity contribution in [3.8, 4) is 0 Å². The van der Waals surface area contributed by atoms with E-state index in [4.69, 9.17) is 5.73 Å². The van der Waals surface area contributed by atoms with Crippen LogP contribution in [0.2, 0.25) is 0 Å². The van der Waals surface area contributed by atoms with Crippen LogP contribution in [0.3, 0.4) is 0 Å². The monoisotopic (exact) mass is 312 g/mol. The lowest BCUT2D eigenvalue weighted by molar-refractivity contribution is -0.141. The molecule has 0 spiro atoms. The summed E-state index contributed by atoms with van der Waals surface area (Å²) in [6.45, 7) is 4.70. The van der Waals surface area contributed by atoms with E-state index in [-0.39, 0.29) is 6.54 Å². The Morgan fingerprint density at radius 2 is 1.77 bits per heavy atom. The molecule has 3 heterocycles. The summed E-state index contributed by atoms with van der Waals surface area (Å²) in [7, 11) is 0. The van der Waals surface area contributed by atoms with E-state index in [0.717, 1.165) is 6.07 Å². The van der Waals surface area contributed by atoms with Gasteiger partial charge in [0.05, 0.1) is 35.9 Å². The minimum absolute atomic E-state index is 0.284. The summed E-state index contributed by atoms with van der Waals surface area (Å²) in [6, 6.07) is 1.07. The van der Waals surface area contributed by atoms with Gasteiger partial charge in [-0.3, -0.25) is 4.68 Å². The third kappa shape index (κ3) is 2.46. The molecule has 3 rings (SSSR count). The first kappa shape index (κ1) is 14.6. The summed E-state index contributed by atoms with van der Waals surface area (Å²) in [6.07, 6.45) is -4.43. The van der Waals surface area contributed by atoms with E-state index < -0.39 is 11.9 Å². The fourth-order valence-corrected chi connectivity index (χ4v) is 2.42. The number of fused-ring (bicyclic) bond motifs is 1. The fraction of sp³-hybridized carbons (Fsp3) is 0.462. The molecule has 0 saturated heterocycles. The van der Waals surface area contributed by atoms with Gasteiger partial charge in [-0.05, 0) is 19.9 Å². The molecule has 0 atom stereocenters. The number of hydrogen-bond acceptors (Lipinski definition) is 5. The summed E-state index contributed by atoms with van der Waals surface area (Å²) in [5.74, 6) is 0.477. The van der Waals surface area contributed by atoms with Gasteiger partial charge in [-0.25, -0.2) is 9.97 Å². The zero-order chi connectivity index (χ0) is 16.1. The van der Waals surface area contributed by atoms with Crippen molar-refractivity contribution in [1.29, 1.82) is 0 Å². The molecule has 0 aliphatic carbocycles. The van der Waals surface area contributed by atoms with Crippen LogP contribution in [0.25, 0.3) is 0 Å². The standard InChI is InChI=1S/C13H15F3N6/c1-7-11(17)8(2)19-12(18-7)21-3-4-22-9(6-21)5-10(20-22)13(14,15)16/h5H,3-4,6,17H2,1-2H3. The van der Waals surface area contributed by atoms with Crippen molar-refractivity contribution < 1.29 is 13.2 Å². The number of aromatic nitrogens is 4. The molecule has 2 aromatic heterocycles. The van der Waals surface area contributed by atoms with Crippen molar-refractivity contribution in [2.24, 2.45) is 0 Å². The maximum Gasteiger partial charge on any atom is 0.435 e. The van der Waals surface area contributed by atoms with Crippen LogP contribution in [-0.4, -0.2) is 26.3 Å². The van der Waals surface area contributed by atoms with Crippen LogP contribution in [0.5, 0.6) is 0 Å². The van der Waals surface area contributed by atoms with Gasteiger partial charge in [-0.1, -0.05) is 0 Å². The molecule has 0 bridgehead atoms. The van der Waals surface area contributed by atoms with Gasteiger partial charge in [-0.15, -0.1) is 0 Å². The lowest BCUT2D eigenvalue weighted by Gasteiger charge is -2.28. The molecule has 1 aliphatic rings. The Bertz CT molecular complexity index is 698. The number of alkyl halides is 3. The predicted octanol–water partition coefficient (Wildman–Crippen LogP) is 1.91. The topological polar surface area (TPSA) is 72.9 Å². The van der Waals surface area contributed by atoms with Gasteiger partial charge in [0.2, 0.25) is 5.95 Å². The lowest BCUT2D eigenvalue weighted by atomic mass is 10.2. The van der Waals surface area contributed by atoms with Crippen LogP contribution >= 0.6 is 0 Å². The Morgan fingerprint density at radius 3 is 2.36 bits per heavy atom. The second-order valence-electron chi connectivity index (χ2n) is 5.27. The van der Waals surface area contributed by atoms with E-state index in [1.54, 1.807) is 13.8 Å². The van der Waals surface area contributed by atoms with E-state index in [9.17, 15) is 13.2 Å². The third-order valence-electron chi connectivity index (χ3n) is 3.69. The Morgan fingerprint density at radius 1 is 1.14 bits per heavy atom. The van der Waals surface area contributed by atoms with Crippen molar-refractivity contribution in [2.45, 2.75) is 33.1 Å². The van der Waals surface area contributed by atoms with Gasteiger partial charge >= 0.3 is 6.18 Å². The predicted molar refractivity (Wildman–Crippen MR) is 74.2 cm³/mol. The van der Waals surface area contributed by atoms with E-state index in [1.807, 2.05) is 4.90 Å². The van der Waals surface area contributed by atoms with Crippen LogP contribution < -0.4 is 10.6 Å². The van der Waals surface area contributed by atoms with Gasteiger partial charge in [0, 0.05) is 6.54 Å². The molecule has 118 valence electrons. The zero-order valence-corrected chi connectivity index (χ0v) is 12.1. The van der Waals surface area contributed by atoms with E-state index >= 15 is 0 Å². The average molecular weight is 312 g/mol. The number of nitrogens with zero attached hydrogens (tertiary/aromatic N) is 5. The molecular formula is C13H15F3N6. The second-order valence-corrected chi connectivity index (χ2v) is 5.27. The van der Waals surface area contributed by atoms with Gasteiger partial charge in [0.15, 0.2) is 5.69 Å². The first-order valence-corrected chi connectivity index (χ1v) is 6.75. The van der Waals surface area contributed by atoms with Crippen molar-refractivity contribution in [3.05, 3.63) is 28.8 Å². The van der Waals surface area contributed by atoms with Crippen molar-refractivity contribution in [1.82, 2.24) is 19.7 Å². The van der Waals surface area contributed by atoms with Crippen LogP contribution in [-0.2, 0) is 19.3 Å². The van der Waals surface area contributed by atoms with Gasteiger partial charge in [0.25, 0.3) is 0 Å². The lowest BCUT2D eigenvalue weighted by Crippen LogP contribution is -2.35. The highest BCUT2D eigenvalue weighted by Crippen LogP contribution is 2.30. The summed E-state index contributed by atoms with van der Waals surface area (Å²) in [5, 5.41) is 3.60. The normalized spacial score (nSPS) is 15.0. The quantitative estimate of drug-likeness (QED) is 0.871. The molecule has 6 nitrogen and oxygen atoms in total. The summed E-state index contributed by atoms with van der Waals surface area (Å²) in [5.41, 5.74) is 7.32. The first-order valence-electron chi connectivity index (χ1n) is 6.75. The van der Waals surface area contributed by atoms with Crippen LogP contribution in [0.1, 0.15) is 22.8 Å².